The summed E-state index contributed by atoms with van der Waals surface area (Å²) < 4.78 is 0. The molecule has 1 saturated heterocycles. The second-order valence-corrected chi connectivity index (χ2v) is 9.91. The highest BCUT2D eigenvalue weighted by atomic mass is 35.5. The maximum Gasteiger partial charge on any atom is 0.317 e. The Bertz CT molecular complexity index is 867. The summed E-state index contributed by atoms with van der Waals surface area (Å²) in [5.41, 5.74) is 6.22. The molecule has 0 bridgehead atoms. The lowest BCUT2D eigenvalue weighted by atomic mass is 9.90. The number of nitrogens with one attached hydrogen (secondary N) is 1. The van der Waals surface area contributed by atoms with Crippen molar-refractivity contribution in [3.8, 4) is 0 Å². The number of hydrogen-bond donors (Lipinski definition) is 2. The molecule has 2 aliphatic rings. The molecule has 9 heteroatoms. The molecule has 1 fully saturated rings. The quantitative estimate of drug-likeness (QED) is 0.664. The molecule has 7 nitrogen and oxygen atoms in total. The van der Waals surface area contributed by atoms with Crippen LogP contribution in [0.5, 0.6) is 0 Å². The van der Waals surface area contributed by atoms with Crippen LogP contribution in [0.3, 0.4) is 0 Å². The van der Waals surface area contributed by atoms with Gasteiger partial charge in [-0.3, -0.25) is 9.69 Å². The minimum absolute atomic E-state index is 0.0134. The minimum atomic E-state index is -0.761. The average Bonchev–Trinajstić information content (AvgIpc) is 2.91. The van der Waals surface area contributed by atoms with E-state index in [0.29, 0.717) is 60.4 Å². The molecule has 0 radical (unpaired) electrons. The summed E-state index contributed by atoms with van der Waals surface area (Å²) in [6, 6.07) is 5.21. The highest BCUT2D eigenvalue weighted by molar-refractivity contribution is 6.42. The van der Waals surface area contributed by atoms with E-state index in [2.05, 4.69) is 24.2 Å². The topological polar surface area (TPSA) is 91.0 Å². The molecule has 0 spiro atoms. The zero-order chi connectivity index (χ0) is 22.8. The number of halogens is 2. The van der Waals surface area contributed by atoms with Gasteiger partial charge in [-0.1, -0.05) is 43.1 Å². The normalized spacial score (nSPS) is 22.3. The molecule has 3 N–H and O–H groups in total. The first kappa shape index (κ1) is 23.7. The van der Waals surface area contributed by atoms with Gasteiger partial charge in [0.05, 0.1) is 10.0 Å². The number of benzene rings is 1. The Morgan fingerprint density at radius 2 is 1.97 bits per heavy atom. The zero-order valence-corrected chi connectivity index (χ0v) is 19.8. The van der Waals surface area contributed by atoms with Gasteiger partial charge in [-0.05, 0) is 55.7 Å². The predicted molar refractivity (Wildman–Crippen MR) is 124 cm³/mol. The van der Waals surface area contributed by atoms with E-state index >= 15 is 0 Å². The molecule has 1 unspecified atom stereocenters. The first-order valence-electron chi connectivity index (χ1n) is 10.7. The average molecular weight is 468 g/mol. The Labute approximate surface area is 193 Å². The minimum Gasteiger partial charge on any atom is -0.369 e. The lowest BCUT2D eigenvalue weighted by Crippen LogP contribution is -2.49. The van der Waals surface area contributed by atoms with Crippen molar-refractivity contribution in [3.63, 3.8) is 0 Å². The number of likely N-dealkylation sites (tertiary alicyclic amines) is 1. The first-order valence-corrected chi connectivity index (χ1v) is 11.5. The number of nitrogens with two attached hydrogens (primary N) is 1. The summed E-state index contributed by atoms with van der Waals surface area (Å²) in [6.45, 7) is 8.24. The SMILES string of the molecule is CC(C)CC1(C)N=C(N)N(CC2CCN(C(=O)NCc3ccc(Cl)c(Cl)c3)CC2)C1=O. The number of urea groups is 1. The predicted octanol–water partition coefficient (Wildman–Crippen LogP) is 3.88. The third kappa shape index (κ3) is 5.63. The third-order valence-corrected chi connectivity index (χ3v) is 6.66. The van der Waals surface area contributed by atoms with Crippen LogP contribution in [-0.4, -0.2) is 52.9 Å². The van der Waals surface area contributed by atoms with E-state index in [9.17, 15) is 9.59 Å². The van der Waals surface area contributed by atoms with Gasteiger partial charge >= 0.3 is 6.03 Å². The first-order chi connectivity index (χ1) is 14.6. The molecule has 2 heterocycles. The fourth-order valence-electron chi connectivity index (χ4n) is 4.38. The molecule has 1 aromatic rings. The van der Waals surface area contributed by atoms with Crippen molar-refractivity contribution in [3.05, 3.63) is 33.8 Å². The summed E-state index contributed by atoms with van der Waals surface area (Å²) in [6.07, 6.45) is 2.32. The van der Waals surface area contributed by atoms with E-state index in [1.54, 1.807) is 21.9 Å². The smallest absolute Gasteiger partial charge is 0.317 e. The third-order valence-electron chi connectivity index (χ3n) is 5.92. The second kappa shape index (κ2) is 9.65. The molecule has 170 valence electrons. The molecule has 1 aromatic carbocycles. The van der Waals surface area contributed by atoms with Gasteiger partial charge in [-0.25, -0.2) is 9.79 Å². The lowest BCUT2D eigenvalue weighted by molar-refractivity contribution is -0.131. The molecule has 31 heavy (non-hydrogen) atoms. The molecule has 0 saturated carbocycles. The Balaban J connectivity index is 1.47. The maximum absolute atomic E-state index is 12.9. The van der Waals surface area contributed by atoms with Crippen LogP contribution < -0.4 is 11.1 Å². The number of hydrogen-bond acceptors (Lipinski definition) is 4. The van der Waals surface area contributed by atoms with Gasteiger partial charge in [0, 0.05) is 26.2 Å². The highest BCUT2D eigenvalue weighted by Gasteiger charge is 2.44. The zero-order valence-electron chi connectivity index (χ0n) is 18.3. The number of piperidine rings is 1. The highest BCUT2D eigenvalue weighted by Crippen LogP contribution is 2.30. The molecule has 3 rings (SSSR count). The largest absolute Gasteiger partial charge is 0.369 e. The van der Waals surface area contributed by atoms with Gasteiger partial charge in [-0.2, -0.15) is 0 Å². The van der Waals surface area contributed by atoms with E-state index in [1.807, 2.05) is 13.0 Å². The van der Waals surface area contributed by atoms with E-state index in [1.165, 1.54) is 0 Å². The van der Waals surface area contributed by atoms with Gasteiger partial charge in [0.25, 0.3) is 5.91 Å². The van der Waals surface area contributed by atoms with Gasteiger partial charge in [0.2, 0.25) is 0 Å². The monoisotopic (exact) mass is 467 g/mol. The van der Waals surface area contributed by atoms with Crippen LogP contribution in [-0.2, 0) is 11.3 Å². The van der Waals surface area contributed by atoms with Crippen molar-refractivity contribution in [2.45, 2.75) is 52.1 Å². The van der Waals surface area contributed by atoms with E-state index in [0.717, 1.165) is 18.4 Å². The van der Waals surface area contributed by atoms with Crippen LogP contribution in [0.4, 0.5) is 4.79 Å². The molecule has 0 aromatic heterocycles. The van der Waals surface area contributed by atoms with Crippen molar-refractivity contribution in [1.29, 1.82) is 0 Å². The van der Waals surface area contributed by atoms with Crippen LogP contribution in [0.25, 0.3) is 0 Å². The van der Waals surface area contributed by atoms with Crippen molar-refractivity contribution in [1.82, 2.24) is 15.1 Å². The molecular weight excluding hydrogens is 437 g/mol. The van der Waals surface area contributed by atoms with Crippen molar-refractivity contribution in [2.75, 3.05) is 19.6 Å². The van der Waals surface area contributed by atoms with Crippen LogP contribution >= 0.6 is 23.2 Å². The number of carbonyl (C=O) groups is 2. The van der Waals surface area contributed by atoms with E-state index in [-0.39, 0.29) is 11.9 Å². The fraction of sp³-hybridized carbons (Fsp3) is 0.591. The molecular formula is C22H31Cl2N5O2. The van der Waals surface area contributed by atoms with Gasteiger partial charge < -0.3 is 16.0 Å². The maximum atomic E-state index is 12.9. The van der Waals surface area contributed by atoms with E-state index in [4.69, 9.17) is 28.9 Å². The molecule has 2 aliphatic heterocycles. The fourth-order valence-corrected chi connectivity index (χ4v) is 4.70. The Morgan fingerprint density at radius 3 is 2.58 bits per heavy atom. The molecule has 3 amide bonds. The summed E-state index contributed by atoms with van der Waals surface area (Å²) in [5, 5.41) is 3.89. The summed E-state index contributed by atoms with van der Waals surface area (Å²) >= 11 is 12.0. The van der Waals surface area contributed by atoms with Crippen molar-refractivity contribution in [2.24, 2.45) is 22.6 Å². The number of aliphatic imine (C=N–C) groups is 1. The van der Waals surface area contributed by atoms with E-state index < -0.39 is 5.54 Å². The number of nitrogens with zero attached hydrogens (tertiary/aromatic N) is 3. The Kier molecular flexibility index (Phi) is 7.37. The number of amides is 3. The Hall–Kier alpha value is -1.99. The molecule has 0 aliphatic carbocycles. The van der Waals surface area contributed by atoms with Gasteiger partial charge in [-0.15, -0.1) is 0 Å². The van der Waals surface area contributed by atoms with Crippen LogP contribution in [0.1, 0.15) is 45.6 Å². The number of rotatable bonds is 6. The molecule has 1 atom stereocenters. The van der Waals surface area contributed by atoms with Crippen LogP contribution in [0.15, 0.2) is 23.2 Å². The number of guanidine groups is 1. The van der Waals surface area contributed by atoms with Crippen LogP contribution in [0.2, 0.25) is 10.0 Å². The summed E-state index contributed by atoms with van der Waals surface area (Å²) in [4.78, 5) is 33.4. The lowest BCUT2D eigenvalue weighted by Gasteiger charge is -2.34. The van der Waals surface area contributed by atoms with Crippen LogP contribution in [0, 0.1) is 11.8 Å². The van der Waals surface area contributed by atoms with Crippen molar-refractivity contribution >= 4 is 41.1 Å². The Morgan fingerprint density at radius 1 is 1.29 bits per heavy atom. The second-order valence-electron chi connectivity index (χ2n) is 9.10. The number of carbonyl (C=O) groups excluding carboxylic acids is 2. The summed E-state index contributed by atoms with van der Waals surface area (Å²) in [7, 11) is 0. The van der Waals surface area contributed by atoms with Gasteiger partial charge in [0.1, 0.15) is 5.54 Å². The summed E-state index contributed by atoms with van der Waals surface area (Å²) in [5.74, 6) is 0.949. The standard InChI is InChI=1S/C22H31Cl2N5O2/c1-14(2)11-22(3)19(30)29(20(25)27-22)13-15-6-8-28(9-7-15)21(31)26-12-16-4-5-17(23)18(24)10-16/h4-5,10,14-15H,6-9,11-13H2,1-3H3,(H2,25,27)(H,26,31). The van der Waals surface area contributed by atoms with Crippen molar-refractivity contribution < 1.29 is 9.59 Å². The van der Waals surface area contributed by atoms with Gasteiger partial charge in [0.15, 0.2) is 5.96 Å².